The van der Waals surface area contributed by atoms with E-state index < -0.39 is 0 Å². The highest BCUT2D eigenvalue weighted by molar-refractivity contribution is 8.00. The Balaban J connectivity index is 2.06. The van der Waals surface area contributed by atoms with Gasteiger partial charge < -0.3 is 15.6 Å². The van der Waals surface area contributed by atoms with Crippen molar-refractivity contribution in [1.29, 1.82) is 0 Å². The zero-order valence-corrected chi connectivity index (χ0v) is 18.6. The third-order valence-electron chi connectivity index (χ3n) is 4.43. The quantitative estimate of drug-likeness (QED) is 0.575. The number of rotatable bonds is 10. The van der Waals surface area contributed by atoms with Crippen molar-refractivity contribution in [2.75, 3.05) is 5.32 Å². The highest BCUT2D eigenvalue weighted by Crippen LogP contribution is 2.25. The van der Waals surface area contributed by atoms with Crippen molar-refractivity contribution in [3.8, 4) is 0 Å². The van der Waals surface area contributed by atoms with Crippen LogP contribution in [0, 0.1) is 5.92 Å². The lowest BCUT2D eigenvalue weighted by Crippen LogP contribution is -2.23. The smallest absolute Gasteiger partial charge is 0.237 e. The van der Waals surface area contributed by atoms with E-state index in [0.29, 0.717) is 30.0 Å². The first kappa shape index (κ1) is 22.9. The molecule has 29 heavy (non-hydrogen) atoms. The third kappa shape index (κ3) is 6.88. The molecule has 2 rings (SSSR count). The minimum Gasteiger partial charge on any atom is -0.370 e. The van der Waals surface area contributed by atoms with E-state index in [9.17, 15) is 9.59 Å². The second-order valence-electron chi connectivity index (χ2n) is 7.90. The van der Waals surface area contributed by atoms with Gasteiger partial charge in [0.25, 0.3) is 0 Å². The first-order chi connectivity index (χ1) is 13.7. The van der Waals surface area contributed by atoms with Gasteiger partial charge in [0.05, 0.1) is 5.25 Å². The number of benzene rings is 1. The van der Waals surface area contributed by atoms with Crippen molar-refractivity contribution in [3.05, 3.63) is 35.7 Å². The second-order valence-corrected chi connectivity index (χ2v) is 9.20. The number of carbonyl (C=O) groups excluding carboxylic acids is 2. The van der Waals surface area contributed by atoms with E-state index >= 15 is 0 Å². The molecule has 0 radical (unpaired) electrons. The number of nitrogens with zero attached hydrogens (tertiary/aromatic N) is 3. The largest absolute Gasteiger partial charge is 0.370 e. The second kappa shape index (κ2) is 10.4. The molecular formula is C21H31N5O2S. The molecule has 0 aliphatic heterocycles. The van der Waals surface area contributed by atoms with E-state index in [-0.39, 0.29) is 23.5 Å². The Labute approximate surface area is 176 Å². The van der Waals surface area contributed by atoms with Crippen molar-refractivity contribution in [2.45, 2.75) is 70.3 Å². The van der Waals surface area contributed by atoms with Gasteiger partial charge in [0, 0.05) is 25.1 Å². The maximum Gasteiger partial charge on any atom is 0.237 e. The summed E-state index contributed by atoms with van der Waals surface area (Å²) in [5.74, 6) is 1.09. The van der Waals surface area contributed by atoms with Gasteiger partial charge in [0.2, 0.25) is 11.8 Å². The molecule has 158 valence electrons. The number of nitrogens with two attached hydrogens (primary N) is 1. The number of aromatic nitrogens is 3. The number of anilines is 1. The van der Waals surface area contributed by atoms with Gasteiger partial charge in [-0.1, -0.05) is 51.6 Å². The molecule has 7 nitrogen and oxygen atoms in total. The van der Waals surface area contributed by atoms with Crippen LogP contribution in [0.4, 0.5) is 5.69 Å². The Bertz CT molecular complexity index is 830. The Morgan fingerprint density at radius 3 is 2.31 bits per heavy atom. The number of nitrogens with one attached hydrogen (secondary N) is 1. The molecule has 1 heterocycles. The summed E-state index contributed by atoms with van der Waals surface area (Å²) in [6, 6.07) is 7.91. The number of aryl methyl sites for hydroxylation is 1. The van der Waals surface area contributed by atoms with E-state index in [2.05, 4.69) is 43.2 Å². The highest BCUT2D eigenvalue weighted by Gasteiger charge is 2.21. The monoisotopic (exact) mass is 417 g/mol. The van der Waals surface area contributed by atoms with Crippen LogP contribution >= 0.6 is 11.8 Å². The van der Waals surface area contributed by atoms with Crippen molar-refractivity contribution in [2.24, 2.45) is 11.7 Å². The maximum atomic E-state index is 12.6. The molecule has 0 saturated heterocycles. The Morgan fingerprint density at radius 2 is 1.76 bits per heavy atom. The Hall–Kier alpha value is -2.35. The minimum absolute atomic E-state index is 0.0925. The number of hydrogen-bond acceptors (Lipinski definition) is 5. The highest BCUT2D eigenvalue weighted by atomic mass is 32.2. The fourth-order valence-corrected chi connectivity index (χ4v) is 3.66. The standard InChI is InChI=1S/C21H31N5O2S/c1-13(2)12-26-19(11-10-18(22)27)24-25-21(26)29-15(5)20(28)23-17-8-6-16(7-9-17)14(3)4/h6-9,13-15H,10-12H2,1-5H3,(H2,22,27)(H,23,28)/t15-/m1/s1. The summed E-state index contributed by atoms with van der Waals surface area (Å²) < 4.78 is 1.99. The molecule has 1 aromatic carbocycles. The number of amides is 2. The van der Waals surface area contributed by atoms with Crippen LogP contribution in [0.2, 0.25) is 0 Å². The SMILES string of the molecule is CC(C)Cn1c(CCC(N)=O)nnc1S[C@H](C)C(=O)Nc1ccc(C(C)C)cc1. The topological polar surface area (TPSA) is 103 Å². The van der Waals surface area contributed by atoms with E-state index in [0.717, 1.165) is 11.5 Å². The zero-order chi connectivity index (χ0) is 21.6. The fraction of sp³-hybridized carbons (Fsp3) is 0.524. The minimum atomic E-state index is -0.366. The lowest BCUT2D eigenvalue weighted by Gasteiger charge is -2.15. The van der Waals surface area contributed by atoms with Gasteiger partial charge in [-0.25, -0.2) is 0 Å². The first-order valence-electron chi connectivity index (χ1n) is 9.95. The normalized spacial score (nSPS) is 12.4. The van der Waals surface area contributed by atoms with Crippen LogP contribution in [0.1, 0.15) is 58.3 Å². The summed E-state index contributed by atoms with van der Waals surface area (Å²) in [6.45, 7) is 11.0. The van der Waals surface area contributed by atoms with Crippen molar-refractivity contribution in [1.82, 2.24) is 14.8 Å². The Kier molecular flexibility index (Phi) is 8.25. The molecule has 0 aliphatic rings. The summed E-state index contributed by atoms with van der Waals surface area (Å²) in [5, 5.41) is 11.8. The summed E-state index contributed by atoms with van der Waals surface area (Å²) in [5.41, 5.74) is 7.27. The molecular weight excluding hydrogens is 386 g/mol. The molecule has 0 aliphatic carbocycles. The summed E-state index contributed by atoms with van der Waals surface area (Å²) in [7, 11) is 0. The first-order valence-corrected chi connectivity index (χ1v) is 10.8. The molecule has 0 bridgehead atoms. The van der Waals surface area contributed by atoms with Crippen molar-refractivity contribution >= 4 is 29.3 Å². The van der Waals surface area contributed by atoms with Gasteiger partial charge in [-0.2, -0.15) is 0 Å². The maximum absolute atomic E-state index is 12.6. The van der Waals surface area contributed by atoms with Gasteiger partial charge in [0.15, 0.2) is 5.16 Å². The van der Waals surface area contributed by atoms with Gasteiger partial charge in [-0.05, 0) is 36.5 Å². The molecule has 3 N–H and O–H groups in total. The van der Waals surface area contributed by atoms with E-state index in [1.165, 1.54) is 17.3 Å². The third-order valence-corrected chi connectivity index (χ3v) is 5.51. The van der Waals surface area contributed by atoms with Gasteiger partial charge >= 0.3 is 0 Å². The van der Waals surface area contributed by atoms with Crippen LogP contribution in [0.15, 0.2) is 29.4 Å². The predicted octanol–water partition coefficient (Wildman–Crippen LogP) is 3.59. The zero-order valence-electron chi connectivity index (χ0n) is 17.8. The van der Waals surface area contributed by atoms with E-state index in [4.69, 9.17) is 5.73 Å². The van der Waals surface area contributed by atoms with Gasteiger partial charge in [0.1, 0.15) is 5.82 Å². The van der Waals surface area contributed by atoms with E-state index in [1.807, 2.05) is 35.8 Å². The van der Waals surface area contributed by atoms with E-state index in [1.54, 1.807) is 0 Å². The van der Waals surface area contributed by atoms with Crippen molar-refractivity contribution in [3.63, 3.8) is 0 Å². The molecule has 1 aromatic heterocycles. The van der Waals surface area contributed by atoms with Crippen LogP contribution < -0.4 is 11.1 Å². The molecule has 8 heteroatoms. The predicted molar refractivity (Wildman–Crippen MR) is 117 cm³/mol. The van der Waals surface area contributed by atoms with Crippen LogP contribution in [0.3, 0.4) is 0 Å². The average Bonchev–Trinajstić information content (AvgIpc) is 3.01. The number of primary amides is 1. The molecule has 0 unspecified atom stereocenters. The van der Waals surface area contributed by atoms with Gasteiger partial charge in [-0.15, -0.1) is 10.2 Å². The summed E-state index contributed by atoms with van der Waals surface area (Å²) in [4.78, 5) is 23.8. The summed E-state index contributed by atoms with van der Waals surface area (Å²) >= 11 is 1.36. The molecule has 0 saturated carbocycles. The van der Waals surface area contributed by atoms with Crippen LogP contribution in [0.5, 0.6) is 0 Å². The number of hydrogen-bond donors (Lipinski definition) is 2. The Morgan fingerprint density at radius 1 is 1.10 bits per heavy atom. The molecule has 1 atom stereocenters. The molecule has 0 spiro atoms. The lowest BCUT2D eigenvalue weighted by atomic mass is 10.0. The molecule has 0 fully saturated rings. The average molecular weight is 418 g/mol. The molecule has 2 amide bonds. The van der Waals surface area contributed by atoms with Crippen LogP contribution in [-0.2, 0) is 22.6 Å². The van der Waals surface area contributed by atoms with Crippen molar-refractivity contribution < 1.29 is 9.59 Å². The number of carbonyl (C=O) groups is 2. The number of thioether (sulfide) groups is 1. The van der Waals surface area contributed by atoms with Crippen LogP contribution in [-0.4, -0.2) is 31.8 Å². The van der Waals surface area contributed by atoms with Gasteiger partial charge in [-0.3, -0.25) is 9.59 Å². The fourth-order valence-electron chi connectivity index (χ4n) is 2.78. The lowest BCUT2D eigenvalue weighted by molar-refractivity contribution is -0.118. The van der Waals surface area contributed by atoms with Crippen LogP contribution in [0.25, 0.3) is 0 Å². The summed E-state index contributed by atoms with van der Waals surface area (Å²) in [6.07, 6.45) is 0.668. The molecule has 2 aromatic rings.